The van der Waals surface area contributed by atoms with Crippen LogP contribution in [0, 0.1) is 0 Å². The zero-order valence-electron chi connectivity index (χ0n) is 12.1. The number of hydrogen-bond donors (Lipinski definition) is 2. The summed E-state index contributed by atoms with van der Waals surface area (Å²) >= 11 is 1.92. The zero-order chi connectivity index (χ0) is 14.8. The summed E-state index contributed by atoms with van der Waals surface area (Å²) in [6.45, 7) is 2.27. The quantitative estimate of drug-likeness (QED) is 0.891. The Balaban J connectivity index is 1.68. The van der Waals surface area contributed by atoms with E-state index in [0.29, 0.717) is 0 Å². The van der Waals surface area contributed by atoms with Crippen LogP contribution in [0.3, 0.4) is 0 Å². The van der Waals surface area contributed by atoms with Crippen molar-refractivity contribution in [2.75, 3.05) is 5.32 Å². The average molecular weight is 304 g/mol. The van der Waals surface area contributed by atoms with Crippen LogP contribution >= 0.6 is 11.3 Å². The van der Waals surface area contributed by atoms with E-state index in [4.69, 9.17) is 5.73 Å². The Bertz CT molecular complexity index is 622. The first-order valence-corrected chi connectivity index (χ1v) is 8.12. The topological polar surface area (TPSA) is 72.9 Å². The second-order valence-corrected chi connectivity index (χ2v) is 6.73. The highest BCUT2D eigenvalue weighted by molar-refractivity contribution is 7.12. The Morgan fingerprint density at radius 1 is 1.52 bits per heavy atom. The van der Waals surface area contributed by atoms with Gasteiger partial charge in [0.05, 0.1) is 17.9 Å². The van der Waals surface area contributed by atoms with Gasteiger partial charge in [-0.1, -0.05) is 0 Å². The molecular weight excluding hydrogens is 284 g/mol. The van der Waals surface area contributed by atoms with Gasteiger partial charge in [-0.15, -0.1) is 11.3 Å². The Kier molecular flexibility index (Phi) is 3.96. The third-order valence-corrected chi connectivity index (χ3v) is 5.20. The second kappa shape index (κ2) is 5.89. The minimum Gasteiger partial charge on any atom is -0.375 e. The summed E-state index contributed by atoms with van der Waals surface area (Å²) in [5, 5.41) is 7.56. The number of amides is 1. The van der Waals surface area contributed by atoms with Gasteiger partial charge in [0, 0.05) is 16.0 Å². The molecule has 1 unspecified atom stereocenters. The number of thiophene rings is 1. The molecule has 0 bridgehead atoms. The molecule has 0 saturated heterocycles. The predicted octanol–water partition coefficient (Wildman–Crippen LogP) is 2.48. The van der Waals surface area contributed by atoms with E-state index >= 15 is 0 Å². The van der Waals surface area contributed by atoms with Crippen molar-refractivity contribution in [2.45, 2.75) is 45.2 Å². The van der Waals surface area contributed by atoms with Gasteiger partial charge in [-0.2, -0.15) is 5.10 Å². The molecule has 0 radical (unpaired) electrons. The van der Waals surface area contributed by atoms with Crippen molar-refractivity contribution in [2.24, 2.45) is 5.73 Å². The molecule has 0 aromatic carbocycles. The fourth-order valence-corrected chi connectivity index (χ4v) is 3.99. The summed E-state index contributed by atoms with van der Waals surface area (Å²) in [4.78, 5) is 13.8. The molecule has 0 saturated carbocycles. The minimum absolute atomic E-state index is 0.114. The monoisotopic (exact) mass is 304 g/mol. The summed E-state index contributed by atoms with van der Waals surface area (Å²) in [5.41, 5.74) is 7.60. The van der Waals surface area contributed by atoms with Crippen molar-refractivity contribution in [1.82, 2.24) is 9.78 Å². The summed E-state index contributed by atoms with van der Waals surface area (Å²) in [6, 6.07) is 2.58. The molecule has 1 aliphatic carbocycles. The van der Waals surface area contributed by atoms with Gasteiger partial charge in [0.15, 0.2) is 0 Å². The number of anilines is 1. The molecule has 1 atom stereocenters. The number of carbonyl (C=O) groups is 1. The molecule has 5 nitrogen and oxygen atoms in total. The first kappa shape index (κ1) is 14.1. The molecular formula is C15H20N4OS. The lowest BCUT2D eigenvalue weighted by Crippen LogP contribution is -2.18. The van der Waals surface area contributed by atoms with Gasteiger partial charge < -0.3 is 11.1 Å². The van der Waals surface area contributed by atoms with E-state index in [1.54, 1.807) is 15.8 Å². The number of aryl methyl sites for hydroxylation is 2. The molecule has 2 aromatic heterocycles. The predicted molar refractivity (Wildman–Crippen MR) is 84.4 cm³/mol. The third-order valence-electron chi connectivity index (χ3n) is 3.78. The van der Waals surface area contributed by atoms with Gasteiger partial charge in [0.1, 0.15) is 6.54 Å². The average Bonchev–Trinajstić information content (AvgIpc) is 3.04. The molecule has 6 heteroatoms. The van der Waals surface area contributed by atoms with Crippen LogP contribution in [-0.4, -0.2) is 15.7 Å². The SMILES string of the molecule is CC(Nc1cnn(CC(N)=O)c1)c1cc2c(s1)CCCC2. The highest BCUT2D eigenvalue weighted by Crippen LogP contribution is 2.33. The van der Waals surface area contributed by atoms with Crippen molar-refractivity contribution in [3.63, 3.8) is 0 Å². The third kappa shape index (κ3) is 3.26. The van der Waals surface area contributed by atoms with Crippen LogP contribution < -0.4 is 11.1 Å². The molecule has 112 valence electrons. The van der Waals surface area contributed by atoms with E-state index in [0.717, 1.165) is 5.69 Å². The second-order valence-electron chi connectivity index (χ2n) is 5.56. The van der Waals surface area contributed by atoms with Gasteiger partial charge >= 0.3 is 0 Å². The molecule has 0 fully saturated rings. The lowest BCUT2D eigenvalue weighted by molar-refractivity contribution is -0.118. The van der Waals surface area contributed by atoms with E-state index in [9.17, 15) is 4.79 Å². The number of hydrogen-bond acceptors (Lipinski definition) is 4. The first-order valence-electron chi connectivity index (χ1n) is 7.30. The molecule has 0 spiro atoms. The number of nitrogens with two attached hydrogens (primary N) is 1. The molecule has 21 heavy (non-hydrogen) atoms. The van der Waals surface area contributed by atoms with Crippen LogP contribution in [0.5, 0.6) is 0 Å². The van der Waals surface area contributed by atoms with Gasteiger partial charge in [0.2, 0.25) is 5.91 Å². The molecule has 3 rings (SSSR count). The van der Waals surface area contributed by atoms with E-state index in [1.165, 1.54) is 36.1 Å². The van der Waals surface area contributed by atoms with Crippen LogP contribution in [-0.2, 0) is 24.2 Å². The maximum absolute atomic E-state index is 10.9. The molecule has 2 aromatic rings. The lowest BCUT2D eigenvalue weighted by Gasteiger charge is -2.11. The fraction of sp³-hybridized carbons (Fsp3) is 0.467. The molecule has 1 amide bonds. The summed E-state index contributed by atoms with van der Waals surface area (Å²) in [7, 11) is 0. The standard InChI is InChI=1S/C15H20N4OS/c1-10(14-6-11-4-2-3-5-13(11)21-14)18-12-7-17-19(8-12)9-15(16)20/h6-8,10,18H,2-5,9H2,1H3,(H2,16,20). The first-order chi connectivity index (χ1) is 10.1. The van der Waals surface area contributed by atoms with Crippen LogP contribution in [0.2, 0.25) is 0 Å². The summed E-state index contributed by atoms with van der Waals surface area (Å²) in [6.07, 6.45) is 8.61. The number of aromatic nitrogens is 2. The maximum Gasteiger partial charge on any atom is 0.239 e. The highest BCUT2D eigenvalue weighted by Gasteiger charge is 2.16. The van der Waals surface area contributed by atoms with E-state index in [2.05, 4.69) is 23.4 Å². The Morgan fingerprint density at radius 3 is 3.10 bits per heavy atom. The van der Waals surface area contributed by atoms with Crippen molar-refractivity contribution in [3.8, 4) is 0 Å². The molecule has 3 N–H and O–H groups in total. The maximum atomic E-state index is 10.9. The number of rotatable bonds is 5. The number of primary amides is 1. The van der Waals surface area contributed by atoms with Crippen LogP contribution in [0.15, 0.2) is 18.5 Å². The molecule has 2 heterocycles. The number of carbonyl (C=O) groups excluding carboxylic acids is 1. The van der Waals surface area contributed by atoms with Crippen molar-refractivity contribution < 1.29 is 4.79 Å². The summed E-state index contributed by atoms with van der Waals surface area (Å²) < 4.78 is 1.55. The minimum atomic E-state index is -0.386. The zero-order valence-corrected chi connectivity index (χ0v) is 12.9. The summed E-state index contributed by atoms with van der Waals surface area (Å²) in [5.74, 6) is -0.386. The Hall–Kier alpha value is -1.82. The molecule has 0 aliphatic heterocycles. The molecule has 1 aliphatic rings. The van der Waals surface area contributed by atoms with Gasteiger partial charge in [-0.05, 0) is 44.2 Å². The van der Waals surface area contributed by atoms with Crippen LogP contribution in [0.4, 0.5) is 5.69 Å². The number of nitrogens with zero attached hydrogens (tertiary/aromatic N) is 2. The van der Waals surface area contributed by atoms with Crippen LogP contribution in [0.25, 0.3) is 0 Å². The van der Waals surface area contributed by atoms with Crippen molar-refractivity contribution in [3.05, 3.63) is 33.8 Å². The van der Waals surface area contributed by atoms with Gasteiger partial charge in [-0.25, -0.2) is 0 Å². The smallest absolute Gasteiger partial charge is 0.239 e. The fourth-order valence-electron chi connectivity index (χ4n) is 2.73. The lowest BCUT2D eigenvalue weighted by atomic mass is 9.99. The Labute approximate surface area is 128 Å². The van der Waals surface area contributed by atoms with Crippen molar-refractivity contribution >= 4 is 22.9 Å². The van der Waals surface area contributed by atoms with E-state index in [-0.39, 0.29) is 18.5 Å². The van der Waals surface area contributed by atoms with Crippen molar-refractivity contribution in [1.29, 1.82) is 0 Å². The van der Waals surface area contributed by atoms with Crippen LogP contribution in [0.1, 0.15) is 41.1 Å². The largest absolute Gasteiger partial charge is 0.375 e. The normalized spacial score (nSPS) is 15.5. The van der Waals surface area contributed by atoms with E-state index < -0.39 is 0 Å². The number of nitrogens with one attached hydrogen (secondary N) is 1. The van der Waals surface area contributed by atoms with E-state index in [1.807, 2.05) is 17.5 Å². The van der Waals surface area contributed by atoms with Gasteiger partial charge in [0.25, 0.3) is 0 Å². The Morgan fingerprint density at radius 2 is 2.33 bits per heavy atom. The van der Waals surface area contributed by atoms with Gasteiger partial charge in [-0.3, -0.25) is 9.48 Å². The highest BCUT2D eigenvalue weighted by atomic mass is 32.1. The number of fused-ring (bicyclic) bond motifs is 1.